The molecule has 4 nitrogen and oxygen atoms in total. The van der Waals surface area contributed by atoms with Crippen LogP contribution in [0, 0.1) is 5.82 Å². The van der Waals surface area contributed by atoms with E-state index in [9.17, 15) is 9.18 Å². The maximum Gasteiger partial charge on any atom is 0.248 e. The second-order valence-electron chi connectivity index (χ2n) is 3.65. The summed E-state index contributed by atoms with van der Waals surface area (Å²) in [7, 11) is 0. The van der Waals surface area contributed by atoms with E-state index in [2.05, 4.69) is 5.32 Å². The van der Waals surface area contributed by atoms with Crippen molar-refractivity contribution in [3.05, 3.63) is 35.1 Å². The van der Waals surface area contributed by atoms with Crippen LogP contribution in [0.3, 0.4) is 0 Å². The summed E-state index contributed by atoms with van der Waals surface area (Å²) in [6, 6.07) is 4.09. The Balaban J connectivity index is 2.64. The minimum absolute atomic E-state index is 0.150. The van der Waals surface area contributed by atoms with Crippen LogP contribution in [0.15, 0.2) is 18.2 Å². The average Bonchev–Trinajstić information content (AvgIpc) is 2.19. The Morgan fingerprint density at radius 3 is 2.81 bits per heavy atom. The summed E-state index contributed by atoms with van der Waals surface area (Å²) >= 11 is 0. The van der Waals surface area contributed by atoms with Gasteiger partial charge in [-0.2, -0.15) is 0 Å². The third-order valence-corrected chi connectivity index (χ3v) is 2.09. The van der Waals surface area contributed by atoms with Gasteiger partial charge in [-0.1, -0.05) is 6.07 Å². The lowest BCUT2D eigenvalue weighted by Crippen LogP contribution is -2.24. The summed E-state index contributed by atoms with van der Waals surface area (Å²) in [6.07, 6.45) is -0.479. The van der Waals surface area contributed by atoms with E-state index in [1.165, 1.54) is 12.1 Å². The number of hydrogen-bond donors (Lipinski definition) is 3. The summed E-state index contributed by atoms with van der Waals surface area (Å²) < 4.78 is 13.4. The number of amides is 1. The highest BCUT2D eigenvalue weighted by Gasteiger charge is 2.06. The van der Waals surface area contributed by atoms with Gasteiger partial charge in [-0.25, -0.2) is 4.39 Å². The summed E-state index contributed by atoms with van der Waals surface area (Å²) in [5, 5.41) is 11.9. The number of aliphatic hydroxyl groups is 1. The van der Waals surface area contributed by atoms with Crippen LogP contribution >= 0.6 is 0 Å². The predicted molar refractivity (Wildman–Crippen MR) is 58.3 cm³/mol. The van der Waals surface area contributed by atoms with Gasteiger partial charge in [0, 0.05) is 24.2 Å². The smallest absolute Gasteiger partial charge is 0.248 e. The van der Waals surface area contributed by atoms with Gasteiger partial charge in [0.2, 0.25) is 5.91 Å². The molecule has 0 spiro atoms. The van der Waals surface area contributed by atoms with E-state index >= 15 is 0 Å². The lowest BCUT2D eigenvalue weighted by atomic mass is 10.1. The van der Waals surface area contributed by atoms with Gasteiger partial charge in [-0.3, -0.25) is 4.79 Å². The molecule has 88 valence electrons. The number of nitrogens with two attached hydrogens (primary N) is 1. The first kappa shape index (κ1) is 12.6. The maximum absolute atomic E-state index is 13.4. The molecule has 1 rings (SSSR count). The zero-order chi connectivity index (χ0) is 12.1. The SMILES string of the molecule is CC(O)CNCc1ccc(C(N)=O)cc1F. The molecule has 0 aromatic heterocycles. The highest BCUT2D eigenvalue weighted by Crippen LogP contribution is 2.09. The lowest BCUT2D eigenvalue weighted by molar-refractivity contribution is 0.1000. The van der Waals surface area contributed by atoms with Crippen molar-refractivity contribution in [1.29, 1.82) is 0 Å². The predicted octanol–water partition coefficient (Wildman–Crippen LogP) is 0.395. The van der Waals surface area contributed by atoms with E-state index in [0.29, 0.717) is 18.7 Å². The molecular formula is C11H15FN2O2. The number of benzene rings is 1. The Labute approximate surface area is 93.3 Å². The van der Waals surface area contributed by atoms with Gasteiger partial charge >= 0.3 is 0 Å². The molecule has 0 saturated heterocycles. The first-order chi connectivity index (χ1) is 7.50. The molecule has 5 heteroatoms. The number of nitrogens with one attached hydrogen (secondary N) is 1. The highest BCUT2D eigenvalue weighted by atomic mass is 19.1. The molecule has 1 amide bonds. The van der Waals surface area contributed by atoms with Crippen molar-refractivity contribution < 1.29 is 14.3 Å². The van der Waals surface area contributed by atoms with E-state index in [1.807, 2.05) is 0 Å². The molecule has 0 heterocycles. The van der Waals surface area contributed by atoms with Crippen molar-refractivity contribution >= 4 is 5.91 Å². The molecule has 1 aromatic rings. The van der Waals surface area contributed by atoms with Crippen molar-refractivity contribution in [2.75, 3.05) is 6.54 Å². The van der Waals surface area contributed by atoms with Crippen LogP contribution in [0.4, 0.5) is 4.39 Å². The standard InChI is InChI=1S/C11H15FN2O2/c1-7(15)5-14-6-9-3-2-8(11(13)16)4-10(9)12/h2-4,7,14-15H,5-6H2,1H3,(H2,13,16). The number of aliphatic hydroxyl groups excluding tert-OH is 1. The Morgan fingerprint density at radius 2 is 2.31 bits per heavy atom. The number of carbonyl (C=O) groups excluding carboxylic acids is 1. The van der Waals surface area contributed by atoms with Crippen molar-refractivity contribution in [2.24, 2.45) is 5.73 Å². The van der Waals surface area contributed by atoms with Crippen molar-refractivity contribution in [3.8, 4) is 0 Å². The van der Waals surface area contributed by atoms with Crippen molar-refractivity contribution in [2.45, 2.75) is 19.6 Å². The number of hydrogen-bond acceptors (Lipinski definition) is 3. The summed E-state index contributed by atoms with van der Waals surface area (Å²) in [5.41, 5.74) is 5.60. The Morgan fingerprint density at radius 1 is 1.62 bits per heavy atom. The second kappa shape index (κ2) is 5.58. The fraction of sp³-hybridized carbons (Fsp3) is 0.364. The van der Waals surface area contributed by atoms with Crippen LogP contribution in [0.25, 0.3) is 0 Å². The monoisotopic (exact) mass is 226 g/mol. The molecule has 0 aliphatic rings. The quantitative estimate of drug-likeness (QED) is 0.680. The average molecular weight is 226 g/mol. The third-order valence-electron chi connectivity index (χ3n) is 2.09. The van der Waals surface area contributed by atoms with Gasteiger partial charge in [-0.05, 0) is 19.1 Å². The van der Waals surface area contributed by atoms with E-state index < -0.39 is 17.8 Å². The number of carbonyl (C=O) groups is 1. The zero-order valence-corrected chi connectivity index (χ0v) is 9.03. The maximum atomic E-state index is 13.4. The minimum atomic E-state index is -0.651. The van der Waals surface area contributed by atoms with Gasteiger partial charge in [0.1, 0.15) is 5.82 Å². The molecule has 16 heavy (non-hydrogen) atoms. The molecule has 0 bridgehead atoms. The van der Waals surface area contributed by atoms with E-state index in [1.54, 1.807) is 6.92 Å². The molecule has 0 saturated carbocycles. The van der Waals surface area contributed by atoms with Crippen LogP contribution in [0.2, 0.25) is 0 Å². The van der Waals surface area contributed by atoms with Crippen LogP contribution in [0.1, 0.15) is 22.8 Å². The van der Waals surface area contributed by atoms with Gasteiger partial charge < -0.3 is 16.2 Å². The molecule has 0 radical (unpaired) electrons. The zero-order valence-electron chi connectivity index (χ0n) is 9.03. The van der Waals surface area contributed by atoms with Gasteiger partial charge in [0.05, 0.1) is 6.10 Å². The fourth-order valence-electron chi connectivity index (χ4n) is 1.26. The van der Waals surface area contributed by atoms with Crippen LogP contribution in [-0.2, 0) is 6.54 Å². The van der Waals surface area contributed by atoms with E-state index in [4.69, 9.17) is 10.8 Å². The molecule has 0 aliphatic heterocycles. The molecule has 1 atom stereocenters. The first-order valence-corrected chi connectivity index (χ1v) is 4.97. The number of primary amides is 1. The number of halogens is 1. The van der Waals surface area contributed by atoms with Gasteiger partial charge in [0.15, 0.2) is 0 Å². The van der Waals surface area contributed by atoms with Gasteiger partial charge in [-0.15, -0.1) is 0 Å². The largest absolute Gasteiger partial charge is 0.392 e. The molecular weight excluding hydrogens is 211 g/mol. The lowest BCUT2D eigenvalue weighted by Gasteiger charge is -2.08. The Bertz CT molecular complexity index is 380. The normalized spacial score (nSPS) is 12.4. The number of rotatable bonds is 5. The highest BCUT2D eigenvalue weighted by molar-refractivity contribution is 5.92. The third kappa shape index (κ3) is 3.60. The Hall–Kier alpha value is -1.46. The fourth-order valence-corrected chi connectivity index (χ4v) is 1.26. The van der Waals surface area contributed by atoms with E-state index in [0.717, 1.165) is 6.07 Å². The second-order valence-corrected chi connectivity index (χ2v) is 3.65. The summed E-state index contributed by atoms with van der Waals surface area (Å²) in [4.78, 5) is 10.8. The minimum Gasteiger partial charge on any atom is -0.392 e. The Kier molecular flexibility index (Phi) is 4.39. The first-order valence-electron chi connectivity index (χ1n) is 4.97. The molecule has 1 aromatic carbocycles. The van der Waals surface area contributed by atoms with Crippen LogP contribution < -0.4 is 11.1 Å². The molecule has 0 aliphatic carbocycles. The molecule has 0 fully saturated rings. The topological polar surface area (TPSA) is 75.3 Å². The van der Waals surface area contributed by atoms with Crippen molar-refractivity contribution in [1.82, 2.24) is 5.32 Å². The molecule has 4 N–H and O–H groups in total. The summed E-state index contributed by atoms with van der Waals surface area (Å²) in [6.45, 7) is 2.33. The van der Waals surface area contributed by atoms with Crippen LogP contribution in [-0.4, -0.2) is 23.7 Å². The van der Waals surface area contributed by atoms with Gasteiger partial charge in [0.25, 0.3) is 0 Å². The molecule has 1 unspecified atom stereocenters. The summed E-state index contributed by atoms with van der Waals surface area (Å²) in [5.74, 6) is -1.13. The van der Waals surface area contributed by atoms with E-state index in [-0.39, 0.29) is 5.56 Å². The van der Waals surface area contributed by atoms with Crippen LogP contribution in [0.5, 0.6) is 0 Å². The van der Waals surface area contributed by atoms with Crippen molar-refractivity contribution in [3.63, 3.8) is 0 Å².